The number of hydrogen-bond acceptors (Lipinski definition) is 6. The lowest BCUT2D eigenvalue weighted by atomic mass is 9.71. The largest absolute Gasteiger partial charge is 0.417 e. The van der Waals surface area contributed by atoms with Gasteiger partial charge in [0, 0.05) is 18.8 Å². The topological polar surface area (TPSA) is 84.2 Å². The third kappa shape index (κ3) is 3.09. The summed E-state index contributed by atoms with van der Waals surface area (Å²) in [6, 6.07) is 6.19. The van der Waals surface area contributed by atoms with Gasteiger partial charge in [-0.1, -0.05) is 11.2 Å². The Morgan fingerprint density at radius 3 is 2.74 bits per heavy atom. The Labute approximate surface area is 191 Å². The number of carbonyl (C=O) groups excluding carboxylic acids is 1. The number of benzene rings is 1. The van der Waals surface area contributed by atoms with Gasteiger partial charge < -0.3 is 14.7 Å². The van der Waals surface area contributed by atoms with Gasteiger partial charge >= 0.3 is 6.18 Å². The zero-order valence-corrected chi connectivity index (χ0v) is 17.9. The number of nitrogens with one attached hydrogen (secondary N) is 1. The van der Waals surface area contributed by atoms with E-state index in [0.717, 1.165) is 25.1 Å². The first-order valence-electron chi connectivity index (χ1n) is 10.9. The number of nitrogens with zero attached hydrogens (tertiary/aromatic N) is 4. The van der Waals surface area contributed by atoms with Crippen molar-refractivity contribution in [3.63, 3.8) is 0 Å². The van der Waals surface area contributed by atoms with Gasteiger partial charge in [0.2, 0.25) is 0 Å². The maximum atomic E-state index is 14.7. The summed E-state index contributed by atoms with van der Waals surface area (Å²) < 4.78 is 58.4. The van der Waals surface area contributed by atoms with E-state index in [1.54, 1.807) is 11.8 Å². The summed E-state index contributed by atoms with van der Waals surface area (Å²) in [5.74, 6) is -0.0277. The predicted molar refractivity (Wildman–Crippen MR) is 111 cm³/mol. The van der Waals surface area contributed by atoms with E-state index in [0.29, 0.717) is 24.1 Å². The number of rotatable bonds is 4. The maximum absolute atomic E-state index is 14.7. The van der Waals surface area contributed by atoms with Crippen LogP contribution in [0.3, 0.4) is 0 Å². The Morgan fingerprint density at radius 1 is 1.24 bits per heavy atom. The van der Waals surface area contributed by atoms with Crippen LogP contribution in [0.5, 0.6) is 0 Å². The molecule has 3 fully saturated rings. The first-order chi connectivity index (χ1) is 16.2. The van der Waals surface area contributed by atoms with E-state index in [4.69, 9.17) is 4.52 Å². The molecule has 2 aromatic heterocycles. The van der Waals surface area contributed by atoms with Crippen molar-refractivity contribution in [1.82, 2.24) is 20.0 Å². The molecule has 1 aromatic carbocycles. The summed E-state index contributed by atoms with van der Waals surface area (Å²) in [7, 11) is 0. The van der Waals surface area contributed by atoms with Gasteiger partial charge in [-0.15, -0.1) is 0 Å². The number of alkyl halides is 3. The van der Waals surface area contributed by atoms with Gasteiger partial charge in [-0.3, -0.25) is 4.79 Å². The summed E-state index contributed by atoms with van der Waals surface area (Å²) in [5, 5.41) is 6.89. The predicted octanol–water partition coefficient (Wildman–Crippen LogP) is 4.31. The minimum absolute atomic E-state index is 0.00774. The summed E-state index contributed by atoms with van der Waals surface area (Å²) in [6.07, 6.45) is -1.87. The fourth-order valence-electron chi connectivity index (χ4n) is 5.67. The highest BCUT2D eigenvalue weighted by atomic mass is 19.4. The number of amides is 1. The molecule has 0 bridgehead atoms. The molecule has 176 valence electrons. The Bertz CT molecular complexity index is 1290. The second-order valence-corrected chi connectivity index (χ2v) is 9.23. The summed E-state index contributed by atoms with van der Waals surface area (Å²) in [4.78, 5) is 23.3. The highest BCUT2D eigenvalue weighted by Crippen LogP contribution is 2.71. The van der Waals surface area contributed by atoms with E-state index in [2.05, 4.69) is 20.4 Å². The lowest BCUT2D eigenvalue weighted by molar-refractivity contribution is -0.137. The fourth-order valence-corrected chi connectivity index (χ4v) is 5.67. The molecule has 4 unspecified atom stereocenters. The van der Waals surface area contributed by atoms with E-state index >= 15 is 0 Å². The van der Waals surface area contributed by atoms with Crippen molar-refractivity contribution < 1.29 is 26.9 Å². The Balaban J connectivity index is 1.27. The number of anilines is 1. The van der Waals surface area contributed by atoms with Gasteiger partial charge in [0.1, 0.15) is 11.6 Å². The first-order valence-corrected chi connectivity index (χ1v) is 10.9. The lowest BCUT2D eigenvalue weighted by Gasteiger charge is -2.48. The van der Waals surface area contributed by atoms with Crippen LogP contribution < -0.4 is 5.32 Å². The average molecular weight is 473 g/mol. The van der Waals surface area contributed by atoms with Gasteiger partial charge in [-0.05, 0) is 55.4 Å². The summed E-state index contributed by atoms with van der Waals surface area (Å²) >= 11 is 0. The number of pyridine rings is 1. The van der Waals surface area contributed by atoms with Crippen molar-refractivity contribution in [2.24, 2.45) is 11.3 Å². The van der Waals surface area contributed by atoms with Crippen LogP contribution in [0.2, 0.25) is 0 Å². The van der Waals surface area contributed by atoms with Gasteiger partial charge in [0.05, 0.1) is 22.7 Å². The number of hydrogen-bond donors (Lipinski definition) is 1. The molecular formula is C23H19F4N5O2. The quantitative estimate of drug-likeness (QED) is 0.569. The van der Waals surface area contributed by atoms with Crippen LogP contribution >= 0.6 is 0 Å². The van der Waals surface area contributed by atoms with Crippen LogP contribution in [-0.4, -0.2) is 44.6 Å². The van der Waals surface area contributed by atoms with Crippen LogP contribution in [0.25, 0.3) is 11.5 Å². The molecule has 3 heterocycles. The van der Waals surface area contributed by atoms with Gasteiger partial charge in [0.15, 0.2) is 5.82 Å². The normalized spacial score (nSPS) is 27.1. The molecule has 1 spiro atoms. The zero-order valence-electron chi connectivity index (χ0n) is 17.9. The van der Waals surface area contributed by atoms with Gasteiger partial charge in [0.25, 0.3) is 11.8 Å². The molecule has 6 rings (SSSR count). The molecule has 2 saturated carbocycles. The van der Waals surface area contributed by atoms with E-state index in [9.17, 15) is 22.4 Å². The van der Waals surface area contributed by atoms with Crippen molar-refractivity contribution in [2.45, 2.75) is 38.0 Å². The highest BCUT2D eigenvalue weighted by Gasteiger charge is 2.75. The Kier molecular flexibility index (Phi) is 4.34. The smallest absolute Gasteiger partial charge is 0.365 e. The number of piperidine rings is 1. The SMILES string of the molecule is Cc1noc(-c2c(F)cccc2C(=O)N2CC3CC34CC(Nc3ccc(C(F)(F)F)cn3)C24)n1. The minimum atomic E-state index is -4.46. The molecule has 2 aliphatic carbocycles. The molecule has 34 heavy (non-hydrogen) atoms. The van der Waals surface area contributed by atoms with E-state index in [-0.39, 0.29) is 40.4 Å². The van der Waals surface area contributed by atoms with Crippen molar-refractivity contribution >= 4 is 11.7 Å². The fraction of sp³-hybridized carbons (Fsp3) is 0.391. The molecule has 0 radical (unpaired) electrons. The third-order valence-corrected chi connectivity index (χ3v) is 7.27. The first kappa shape index (κ1) is 21.1. The standard InChI is InChI=1S/C23H19F4N5O2/c1-11-29-20(34-31-11)18-14(3-2-4-15(18)24)21(33)32-10-13-7-22(13)8-16(19(22)32)30-17-6-5-12(9-28-17)23(25,26)27/h2-6,9,13,16,19H,7-8,10H2,1H3,(H,28,30). The van der Waals surface area contributed by atoms with Crippen molar-refractivity contribution in [1.29, 1.82) is 0 Å². The molecular weight excluding hydrogens is 454 g/mol. The molecule has 7 nitrogen and oxygen atoms in total. The second kappa shape index (κ2) is 7.00. The maximum Gasteiger partial charge on any atom is 0.417 e. The zero-order chi connectivity index (χ0) is 23.8. The molecule has 1 N–H and O–H groups in total. The van der Waals surface area contributed by atoms with Crippen LogP contribution in [0.1, 0.15) is 34.6 Å². The van der Waals surface area contributed by atoms with Crippen molar-refractivity contribution in [3.05, 3.63) is 59.3 Å². The molecule has 1 aliphatic heterocycles. The highest BCUT2D eigenvalue weighted by molar-refractivity contribution is 6.00. The molecule has 11 heteroatoms. The summed E-state index contributed by atoms with van der Waals surface area (Å²) in [5.41, 5.74) is -0.708. The van der Waals surface area contributed by atoms with E-state index in [1.165, 1.54) is 24.3 Å². The van der Waals surface area contributed by atoms with E-state index in [1.807, 2.05) is 0 Å². The van der Waals surface area contributed by atoms with Crippen LogP contribution in [0.4, 0.5) is 23.4 Å². The average Bonchev–Trinajstić information content (AvgIpc) is 3.23. The molecule has 1 amide bonds. The monoisotopic (exact) mass is 473 g/mol. The number of carbonyl (C=O) groups is 1. The number of aromatic nitrogens is 3. The minimum Gasteiger partial charge on any atom is -0.365 e. The summed E-state index contributed by atoms with van der Waals surface area (Å²) in [6.45, 7) is 2.15. The molecule has 3 aromatic rings. The van der Waals surface area contributed by atoms with Crippen molar-refractivity contribution in [3.8, 4) is 11.5 Å². The van der Waals surface area contributed by atoms with Crippen LogP contribution in [-0.2, 0) is 6.18 Å². The Morgan fingerprint density at radius 2 is 2.06 bits per heavy atom. The second-order valence-electron chi connectivity index (χ2n) is 9.23. The number of likely N-dealkylation sites (tertiary alicyclic amines) is 1. The molecule has 4 atom stereocenters. The van der Waals surface area contributed by atoms with Crippen LogP contribution in [0, 0.1) is 24.1 Å². The van der Waals surface area contributed by atoms with Gasteiger partial charge in [-0.25, -0.2) is 9.37 Å². The van der Waals surface area contributed by atoms with Crippen molar-refractivity contribution in [2.75, 3.05) is 11.9 Å². The van der Waals surface area contributed by atoms with Gasteiger partial charge in [-0.2, -0.15) is 18.2 Å². The molecule has 3 aliphatic rings. The molecule has 1 saturated heterocycles. The Hall–Kier alpha value is -3.50. The third-order valence-electron chi connectivity index (χ3n) is 7.27. The lowest BCUT2D eigenvalue weighted by Crippen LogP contribution is -2.60. The number of halogens is 4. The van der Waals surface area contributed by atoms with Crippen LogP contribution in [0.15, 0.2) is 41.1 Å². The number of aryl methyl sites for hydroxylation is 1. The van der Waals surface area contributed by atoms with E-state index < -0.39 is 17.6 Å².